The number of carbonyl (C=O) groups excluding carboxylic acids is 2. The van der Waals surface area contributed by atoms with Gasteiger partial charge in [-0.1, -0.05) is 0 Å². The highest BCUT2D eigenvalue weighted by Crippen LogP contribution is 2.27. The molecule has 11 heteroatoms. The lowest BCUT2D eigenvalue weighted by Crippen LogP contribution is -2.47. The van der Waals surface area contributed by atoms with E-state index in [9.17, 15) is 18.0 Å². The average Bonchev–Trinajstić information content (AvgIpc) is 2.63. The van der Waals surface area contributed by atoms with Crippen LogP contribution in [-0.2, 0) is 19.7 Å². The molecule has 1 heterocycles. The van der Waals surface area contributed by atoms with E-state index in [-0.39, 0.29) is 19.4 Å². The topological polar surface area (TPSA) is 114 Å². The normalized spacial score (nSPS) is 21.6. The summed E-state index contributed by atoms with van der Waals surface area (Å²) in [5.74, 6) is 0. The zero-order chi connectivity index (χ0) is 21.8. The first-order chi connectivity index (χ1) is 12.5. The lowest BCUT2D eigenvalue weighted by Gasteiger charge is -2.27. The summed E-state index contributed by atoms with van der Waals surface area (Å²) in [4.78, 5) is 25.1. The fourth-order valence-electron chi connectivity index (χ4n) is 2.51. The van der Waals surface area contributed by atoms with Crippen molar-refractivity contribution in [2.24, 2.45) is 0 Å². The predicted octanol–water partition coefficient (Wildman–Crippen LogP) is 2.47. The zero-order valence-electron chi connectivity index (χ0n) is 17.4. The highest BCUT2D eigenvalue weighted by Gasteiger charge is 2.36. The molecule has 28 heavy (non-hydrogen) atoms. The number of likely N-dealkylation sites (tertiary alicyclic amines) is 1. The number of halogens is 1. The number of nitrogens with zero attached hydrogens (tertiary/aromatic N) is 1. The maximum absolute atomic E-state index is 15.1. The van der Waals surface area contributed by atoms with Crippen LogP contribution in [0.5, 0.6) is 0 Å². The quantitative estimate of drug-likeness (QED) is 0.715. The van der Waals surface area contributed by atoms with E-state index < -0.39 is 45.8 Å². The molecule has 1 unspecified atom stereocenters. The first-order valence-electron chi connectivity index (χ1n) is 9.18. The van der Waals surface area contributed by atoms with Gasteiger partial charge in [0.2, 0.25) is 0 Å². The summed E-state index contributed by atoms with van der Waals surface area (Å²) in [6, 6.07) is 0. The van der Waals surface area contributed by atoms with Gasteiger partial charge in [-0.05, 0) is 54.4 Å². The summed E-state index contributed by atoms with van der Waals surface area (Å²) < 4.78 is 52.9. The summed E-state index contributed by atoms with van der Waals surface area (Å²) in [7, 11) is -4.28. The number of hydrogen-bond acceptors (Lipinski definition) is 6. The van der Waals surface area contributed by atoms with Crippen molar-refractivity contribution in [3.05, 3.63) is 0 Å². The van der Waals surface area contributed by atoms with Crippen molar-refractivity contribution in [1.29, 1.82) is 0 Å². The third-order valence-corrected chi connectivity index (χ3v) is 4.69. The summed E-state index contributed by atoms with van der Waals surface area (Å²) in [5.41, 5.74) is -3.37. The second kappa shape index (κ2) is 8.81. The molecule has 1 atom stereocenters. The molecule has 9 nitrogen and oxygen atoms in total. The minimum Gasteiger partial charge on any atom is -0.444 e. The Kier molecular flexibility index (Phi) is 7.68. The fraction of sp³-hybridized carbons (Fsp3) is 0.882. The minimum absolute atomic E-state index is 0.0544. The number of rotatable bonds is 4. The third-order valence-electron chi connectivity index (χ3n) is 3.73. The van der Waals surface area contributed by atoms with Gasteiger partial charge in [0.15, 0.2) is 0 Å². The van der Waals surface area contributed by atoms with Crippen LogP contribution in [0.1, 0.15) is 60.8 Å². The summed E-state index contributed by atoms with van der Waals surface area (Å²) >= 11 is 0. The van der Waals surface area contributed by atoms with E-state index in [0.29, 0.717) is 13.0 Å². The van der Waals surface area contributed by atoms with Crippen molar-refractivity contribution >= 4 is 22.4 Å². The predicted molar refractivity (Wildman–Crippen MR) is 102 cm³/mol. The van der Waals surface area contributed by atoms with Gasteiger partial charge in [-0.3, -0.25) is 0 Å². The Morgan fingerprint density at radius 3 is 2.14 bits per heavy atom. The fourth-order valence-corrected chi connectivity index (χ4v) is 3.30. The number of hydrogen-bond donors (Lipinski definition) is 2. The monoisotopic (exact) mass is 425 g/mol. The molecule has 0 aromatic carbocycles. The SMILES string of the molecule is CC(C)(C)OC(=O)NS(=O)(=O)NCC1(F)CCCN(C(=O)OC(C)(C)C)CC1. The Hall–Kier alpha value is -1.62. The lowest BCUT2D eigenvalue weighted by molar-refractivity contribution is 0.0246. The molecule has 0 aromatic rings. The molecule has 1 aliphatic rings. The van der Waals surface area contributed by atoms with Gasteiger partial charge in [0.1, 0.15) is 16.9 Å². The van der Waals surface area contributed by atoms with Crippen LogP contribution in [0.15, 0.2) is 0 Å². The van der Waals surface area contributed by atoms with E-state index in [2.05, 4.69) is 0 Å². The lowest BCUT2D eigenvalue weighted by atomic mass is 9.97. The van der Waals surface area contributed by atoms with Crippen LogP contribution in [0, 0.1) is 0 Å². The van der Waals surface area contributed by atoms with Crippen molar-refractivity contribution in [3.63, 3.8) is 0 Å². The summed E-state index contributed by atoms with van der Waals surface area (Å²) in [6.45, 7) is 9.91. The van der Waals surface area contributed by atoms with Gasteiger partial charge in [-0.15, -0.1) is 0 Å². The van der Waals surface area contributed by atoms with Crippen LogP contribution < -0.4 is 9.44 Å². The number of ether oxygens (including phenoxy) is 2. The molecule has 0 aliphatic carbocycles. The Bertz CT molecular complexity index is 671. The van der Waals surface area contributed by atoms with Crippen LogP contribution >= 0.6 is 0 Å². The van der Waals surface area contributed by atoms with Crippen LogP contribution in [0.4, 0.5) is 14.0 Å². The van der Waals surface area contributed by atoms with Crippen molar-refractivity contribution in [2.75, 3.05) is 19.6 Å². The summed E-state index contributed by atoms with van der Waals surface area (Å²) in [5, 5.41) is 0. The number of carbonyl (C=O) groups is 2. The van der Waals surface area contributed by atoms with E-state index in [1.165, 1.54) is 4.90 Å². The van der Waals surface area contributed by atoms with Crippen LogP contribution in [0.2, 0.25) is 0 Å². The second-order valence-electron chi connectivity index (χ2n) is 8.90. The van der Waals surface area contributed by atoms with E-state index >= 15 is 4.39 Å². The number of amides is 2. The van der Waals surface area contributed by atoms with Gasteiger partial charge < -0.3 is 14.4 Å². The molecule has 0 spiro atoms. The molecular weight excluding hydrogens is 393 g/mol. The molecule has 2 N–H and O–H groups in total. The molecule has 1 fully saturated rings. The van der Waals surface area contributed by atoms with E-state index in [4.69, 9.17) is 9.47 Å². The van der Waals surface area contributed by atoms with Gasteiger partial charge in [0.05, 0.1) is 0 Å². The number of nitrogens with one attached hydrogen (secondary N) is 2. The van der Waals surface area contributed by atoms with Crippen molar-refractivity contribution in [3.8, 4) is 0 Å². The summed E-state index contributed by atoms with van der Waals surface area (Å²) in [6.07, 6.45) is -1.30. The average molecular weight is 426 g/mol. The third kappa shape index (κ3) is 9.54. The molecule has 0 bridgehead atoms. The largest absolute Gasteiger partial charge is 0.444 e. The molecule has 1 aliphatic heterocycles. The molecular formula is C17H32FN3O6S. The van der Waals surface area contributed by atoms with Gasteiger partial charge in [0.25, 0.3) is 0 Å². The Morgan fingerprint density at radius 1 is 1.04 bits per heavy atom. The number of alkyl halides is 1. The van der Waals surface area contributed by atoms with Crippen LogP contribution in [0.3, 0.4) is 0 Å². The van der Waals surface area contributed by atoms with E-state index in [1.807, 2.05) is 4.72 Å². The maximum Gasteiger partial charge on any atom is 0.422 e. The zero-order valence-corrected chi connectivity index (χ0v) is 18.2. The van der Waals surface area contributed by atoms with Gasteiger partial charge >= 0.3 is 22.4 Å². The smallest absolute Gasteiger partial charge is 0.422 e. The molecule has 0 radical (unpaired) electrons. The minimum atomic E-state index is -4.28. The standard InChI is InChI=1S/C17H32FN3O6S/c1-15(2,3)26-13(22)20-28(24,25)19-12-17(18)8-7-10-21(11-9-17)14(23)27-16(4,5)6/h19H,7-12H2,1-6H3,(H,20,22). The van der Waals surface area contributed by atoms with Gasteiger partial charge in [0, 0.05) is 26.1 Å². The van der Waals surface area contributed by atoms with Crippen molar-refractivity contribution < 1.29 is 31.9 Å². The Balaban J connectivity index is 2.60. The highest BCUT2D eigenvalue weighted by molar-refractivity contribution is 7.88. The van der Waals surface area contributed by atoms with Crippen LogP contribution in [0.25, 0.3) is 0 Å². The van der Waals surface area contributed by atoms with Crippen molar-refractivity contribution in [2.45, 2.75) is 77.7 Å². The molecule has 0 aromatic heterocycles. The first kappa shape index (κ1) is 24.4. The molecule has 1 saturated heterocycles. The Morgan fingerprint density at radius 2 is 1.61 bits per heavy atom. The van der Waals surface area contributed by atoms with Crippen LogP contribution in [-0.4, -0.2) is 62.0 Å². The first-order valence-corrected chi connectivity index (χ1v) is 10.7. The van der Waals surface area contributed by atoms with Gasteiger partial charge in [-0.2, -0.15) is 13.1 Å². The van der Waals surface area contributed by atoms with Crippen molar-refractivity contribution in [1.82, 2.24) is 14.3 Å². The van der Waals surface area contributed by atoms with E-state index in [1.54, 1.807) is 46.3 Å². The van der Waals surface area contributed by atoms with Gasteiger partial charge in [-0.25, -0.2) is 18.7 Å². The molecule has 1 rings (SSSR count). The second-order valence-corrected chi connectivity index (χ2v) is 10.4. The Labute approximate surface area is 166 Å². The highest BCUT2D eigenvalue weighted by atomic mass is 32.2. The molecule has 0 saturated carbocycles. The maximum atomic E-state index is 15.1. The molecule has 164 valence electrons. The molecule has 2 amide bonds. The van der Waals surface area contributed by atoms with E-state index in [0.717, 1.165) is 0 Å².